The molecule has 1 N–H and O–H groups in total. The number of rotatable bonds is 46. The van der Waals surface area contributed by atoms with Gasteiger partial charge in [0.1, 0.15) is 12.2 Å². The van der Waals surface area contributed by atoms with Gasteiger partial charge >= 0.3 is 11.9 Å². The average Bonchev–Trinajstić information content (AvgIpc) is 3.20. The minimum atomic E-state index is -0.0241. The van der Waals surface area contributed by atoms with E-state index in [1.54, 1.807) is 11.8 Å². The van der Waals surface area contributed by atoms with Crippen molar-refractivity contribution >= 4 is 47.2 Å². The van der Waals surface area contributed by atoms with Crippen LogP contribution in [-0.4, -0.2) is 94.9 Å². The number of hydrogen-bond acceptors (Lipinski definition) is 9. The van der Waals surface area contributed by atoms with Crippen molar-refractivity contribution in [3.63, 3.8) is 0 Å². The molecule has 0 saturated carbocycles. The topological polar surface area (TPSA) is 76.1 Å². The third-order valence-corrected chi connectivity index (χ3v) is 14.3. The summed E-state index contributed by atoms with van der Waals surface area (Å²) >= 11 is 5.74. The summed E-state index contributed by atoms with van der Waals surface area (Å²) < 4.78 is 12.2. The highest BCUT2D eigenvalue weighted by Crippen LogP contribution is 2.21. The van der Waals surface area contributed by atoms with Crippen LogP contribution in [0.4, 0.5) is 0 Å². The molecule has 0 aliphatic rings. The Labute approximate surface area is 367 Å². The second-order valence-corrected chi connectivity index (χ2v) is 20.1. The number of thioether (sulfide) groups is 3. The van der Waals surface area contributed by atoms with Gasteiger partial charge in [-0.25, -0.2) is 0 Å². The molecule has 0 amide bonds. The summed E-state index contributed by atoms with van der Waals surface area (Å²) in [6, 6.07) is 0.418. The summed E-state index contributed by atoms with van der Waals surface area (Å²) in [4.78, 5) is 28.5. The van der Waals surface area contributed by atoms with Crippen molar-refractivity contribution in [2.45, 2.75) is 239 Å². The van der Waals surface area contributed by atoms with Crippen LogP contribution >= 0.6 is 35.3 Å². The van der Waals surface area contributed by atoms with E-state index in [0.29, 0.717) is 18.9 Å². The van der Waals surface area contributed by atoms with Crippen molar-refractivity contribution in [3.8, 4) is 0 Å². The van der Waals surface area contributed by atoms with E-state index in [1.807, 2.05) is 23.5 Å². The zero-order valence-corrected chi connectivity index (χ0v) is 40.8. The maximum Gasteiger partial charge on any atom is 0.306 e. The lowest BCUT2D eigenvalue weighted by Crippen LogP contribution is -2.33. The van der Waals surface area contributed by atoms with Gasteiger partial charge in [0.2, 0.25) is 0 Å². The van der Waals surface area contributed by atoms with Gasteiger partial charge in [0.15, 0.2) is 0 Å². The predicted octanol–water partition coefficient (Wildman–Crippen LogP) is 14.1. The third-order valence-electron chi connectivity index (χ3n) is 11.0. The van der Waals surface area contributed by atoms with Crippen LogP contribution in [0, 0.1) is 0 Å². The molecule has 0 aromatic rings. The van der Waals surface area contributed by atoms with Gasteiger partial charge in [0.05, 0.1) is 6.61 Å². The summed E-state index contributed by atoms with van der Waals surface area (Å²) in [6.45, 7) is 10.2. The van der Waals surface area contributed by atoms with Gasteiger partial charge < -0.3 is 19.5 Å². The van der Waals surface area contributed by atoms with Gasteiger partial charge in [-0.15, -0.1) is 0 Å². The molecule has 0 bridgehead atoms. The highest BCUT2D eigenvalue weighted by Gasteiger charge is 2.19. The fraction of sp³-hybridized carbons (Fsp3) is 0.958. The van der Waals surface area contributed by atoms with Crippen LogP contribution < -0.4 is 0 Å². The summed E-state index contributed by atoms with van der Waals surface area (Å²) in [6.07, 6.45) is 34.4. The molecule has 0 saturated heterocycles. The molecule has 2 unspecified atom stereocenters. The van der Waals surface area contributed by atoms with E-state index < -0.39 is 0 Å². The Hall–Kier alpha value is -0.0900. The Morgan fingerprint density at radius 1 is 0.474 bits per heavy atom. The minimum Gasteiger partial charge on any atom is -0.461 e. The van der Waals surface area contributed by atoms with E-state index in [9.17, 15) is 14.7 Å². The molecule has 2 atom stereocenters. The summed E-state index contributed by atoms with van der Waals surface area (Å²) in [5, 5.41) is 9.24. The number of aliphatic hydroxyl groups excluding tert-OH is 1. The Balaban J connectivity index is 4.85. The summed E-state index contributed by atoms with van der Waals surface area (Å²) in [7, 11) is 2.21. The zero-order chi connectivity index (χ0) is 41.9. The standard InChI is InChI=1S/C48H95NO5S3/c1-6-10-14-18-20-28-38-56-42-45(32-22-16-12-8-3)53-47(51)34-26-24-30-44(49(5)36-40-55-41-37-50)31-25-27-35-48(52)54-46(33-23-17-13-9-4)43-57-39-29-21-19-15-11-7-2/h44-46,50H,6-43H2,1-5H3. The molecule has 0 aliphatic carbocycles. The van der Waals surface area contributed by atoms with Crippen LogP contribution in [0.15, 0.2) is 0 Å². The third kappa shape index (κ3) is 39.8. The maximum atomic E-state index is 13.0. The number of ether oxygens (including phenoxy) is 2. The highest BCUT2D eigenvalue weighted by atomic mass is 32.2. The molecule has 0 heterocycles. The van der Waals surface area contributed by atoms with Gasteiger partial charge in [-0.05, 0) is 82.8 Å². The number of nitrogens with zero attached hydrogens (tertiary/aromatic N) is 1. The van der Waals surface area contributed by atoms with Crippen molar-refractivity contribution in [2.24, 2.45) is 0 Å². The number of carbonyl (C=O) groups is 2. The lowest BCUT2D eigenvalue weighted by Gasteiger charge is -2.28. The van der Waals surface area contributed by atoms with Crippen LogP contribution in [0.1, 0.15) is 220 Å². The van der Waals surface area contributed by atoms with Crippen LogP contribution in [0.25, 0.3) is 0 Å². The van der Waals surface area contributed by atoms with Crippen LogP contribution in [0.2, 0.25) is 0 Å². The first-order chi connectivity index (χ1) is 27.9. The quantitative estimate of drug-likeness (QED) is 0.0476. The van der Waals surface area contributed by atoms with E-state index in [4.69, 9.17) is 9.47 Å². The monoisotopic (exact) mass is 862 g/mol. The average molecular weight is 862 g/mol. The normalized spacial score (nSPS) is 13.2. The van der Waals surface area contributed by atoms with Crippen molar-refractivity contribution < 1.29 is 24.2 Å². The molecule has 0 aromatic heterocycles. The van der Waals surface area contributed by atoms with Gasteiger partial charge in [-0.1, -0.05) is 143 Å². The van der Waals surface area contributed by atoms with Crippen molar-refractivity contribution in [1.29, 1.82) is 0 Å². The second kappa shape index (κ2) is 45.4. The number of carbonyl (C=O) groups excluding carboxylic acids is 2. The first-order valence-electron chi connectivity index (χ1n) is 24.3. The fourth-order valence-electron chi connectivity index (χ4n) is 7.28. The van der Waals surface area contributed by atoms with Crippen molar-refractivity contribution in [2.75, 3.05) is 54.7 Å². The predicted molar refractivity (Wildman–Crippen MR) is 256 cm³/mol. The molecule has 340 valence electrons. The van der Waals surface area contributed by atoms with E-state index in [-0.39, 0.29) is 30.8 Å². The molecule has 0 aromatic carbocycles. The largest absolute Gasteiger partial charge is 0.461 e. The maximum absolute atomic E-state index is 13.0. The van der Waals surface area contributed by atoms with Gasteiger partial charge in [0.25, 0.3) is 0 Å². The van der Waals surface area contributed by atoms with Gasteiger partial charge in [-0.3, -0.25) is 9.59 Å². The molecule has 9 heteroatoms. The Morgan fingerprint density at radius 2 is 0.860 bits per heavy atom. The highest BCUT2D eigenvalue weighted by molar-refractivity contribution is 7.99. The lowest BCUT2D eigenvalue weighted by molar-refractivity contribution is -0.149. The molecule has 0 spiro atoms. The van der Waals surface area contributed by atoms with E-state index in [2.05, 4.69) is 39.6 Å². The number of hydrogen-bond donors (Lipinski definition) is 1. The molecule has 0 aliphatic heterocycles. The van der Waals surface area contributed by atoms with Crippen molar-refractivity contribution in [3.05, 3.63) is 0 Å². The Bertz CT molecular complexity index is 795. The Morgan fingerprint density at radius 3 is 1.28 bits per heavy atom. The molecule has 6 nitrogen and oxygen atoms in total. The molecule has 0 radical (unpaired) electrons. The number of aliphatic hydroxyl groups is 1. The van der Waals surface area contributed by atoms with Crippen LogP contribution in [0.3, 0.4) is 0 Å². The zero-order valence-electron chi connectivity index (χ0n) is 38.4. The fourth-order valence-corrected chi connectivity index (χ4v) is 10.2. The first kappa shape index (κ1) is 56.9. The summed E-state index contributed by atoms with van der Waals surface area (Å²) in [5.41, 5.74) is 0. The smallest absolute Gasteiger partial charge is 0.306 e. The first-order valence-corrected chi connectivity index (χ1v) is 27.8. The van der Waals surface area contributed by atoms with Gasteiger partial charge in [-0.2, -0.15) is 35.3 Å². The van der Waals surface area contributed by atoms with Crippen molar-refractivity contribution in [1.82, 2.24) is 4.90 Å². The van der Waals surface area contributed by atoms with Gasteiger partial charge in [0, 0.05) is 48.4 Å². The lowest BCUT2D eigenvalue weighted by atomic mass is 10.0. The molecular weight excluding hydrogens is 767 g/mol. The SMILES string of the molecule is CCCCCCCCSCC(CCCCCC)OC(=O)CCCCC(CCCCC(=O)OC(CCCCCC)CSCCCCCCCC)N(C)CCSCCO. The van der Waals surface area contributed by atoms with Crippen LogP contribution in [-0.2, 0) is 19.1 Å². The summed E-state index contributed by atoms with van der Waals surface area (Å²) in [5.74, 6) is 5.92. The second-order valence-electron chi connectivity index (χ2n) is 16.6. The van der Waals surface area contributed by atoms with E-state index in [1.165, 1.54) is 127 Å². The molecular formula is C48H95NO5S3. The molecule has 0 fully saturated rings. The van der Waals surface area contributed by atoms with E-state index in [0.717, 1.165) is 93.8 Å². The molecule has 57 heavy (non-hydrogen) atoms. The number of esters is 2. The Kier molecular flexibility index (Phi) is 45.4. The van der Waals surface area contributed by atoms with Crippen LogP contribution in [0.5, 0.6) is 0 Å². The minimum absolute atomic E-state index is 0.0241. The van der Waals surface area contributed by atoms with E-state index >= 15 is 0 Å². The number of unbranched alkanes of at least 4 members (excludes halogenated alkanes) is 18. The molecule has 0 rings (SSSR count).